The van der Waals surface area contributed by atoms with E-state index >= 15 is 0 Å². The fraction of sp³-hybridized carbons (Fsp3) is 0.947. The van der Waals surface area contributed by atoms with E-state index in [0.29, 0.717) is 25.7 Å². The molecular formula is C75H146O17P2. The van der Waals surface area contributed by atoms with Crippen LogP contribution in [0, 0.1) is 5.92 Å². The quantitative estimate of drug-likeness (QED) is 0.0222. The summed E-state index contributed by atoms with van der Waals surface area (Å²) in [6.07, 6.45) is 57.0. The molecule has 0 aliphatic heterocycles. The van der Waals surface area contributed by atoms with E-state index in [1.807, 2.05) is 0 Å². The highest BCUT2D eigenvalue weighted by molar-refractivity contribution is 7.47. The number of phosphoric acid groups is 2. The van der Waals surface area contributed by atoms with Crippen LogP contribution in [0.25, 0.3) is 0 Å². The lowest BCUT2D eigenvalue weighted by Gasteiger charge is -2.21. The Morgan fingerprint density at radius 3 is 0.723 bits per heavy atom. The van der Waals surface area contributed by atoms with Crippen molar-refractivity contribution in [3.05, 3.63) is 0 Å². The second-order valence-corrected chi connectivity index (χ2v) is 30.4. The van der Waals surface area contributed by atoms with Crippen LogP contribution in [-0.2, 0) is 65.4 Å². The smallest absolute Gasteiger partial charge is 0.462 e. The molecule has 94 heavy (non-hydrogen) atoms. The molecule has 0 spiro atoms. The number of hydrogen-bond acceptors (Lipinski definition) is 15. The van der Waals surface area contributed by atoms with E-state index < -0.39 is 97.5 Å². The Bertz CT molecular complexity index is 1810. The molecule has 0 aliphatic carbocycles. The number of ether oxygens (including phenoxy) is 4. The second-order valence-electron chi connectivity index (χ2n) is 27.5. The second kappa shape index (κ2) is 68.2. The number of aliphatic hydroxyl groups is 1. The summed E-state index contributed by atoms with van der Waals surface area (Å²) in [5.41, 5.74) is 0. The van der Waals surface area contributed by atoms with E-state index in [-0.39, 0.29) is 25.7 Å². The van der Waals surface area contributed by atoms with Crippen LogP contribution in [0.5, 0.6) is 0 Å². The average Bonchev–Trinajstić information content (AvgIpc) is 1.78. The van der Waals surface area contributed by atoms with Gasteiger partial charge >= 0.3 is 39.5 Å². The van der Waals surface area contributed by atoms with Gasteiger partial charge in [0, 0.05) is 25.7 Å². The summed E-state index contributed by atoms with van der Waals surface area (Å²) < 4.78 is 68.4. The van der Waals surface area contributed by atoms with Crippen molar-refractivity contribution in [3.63, 3.8) is 0 Å². The van der Waals surface area contributed by atoms with Gasteiger partial charge in [0.1, 0.15) is 19.3 Å². The minimum Gasteiger partial charge on any atom is -0.462 e. The zero-order valence-corrected chi connectivity index (χ0v) is 62.9. The van der Waals surface area contributed by atoms with Gasteiger partial charge in [-0.3, -0.25) is 37.3 Å². The maximum atomic E-state index is 13.1. The molecule has 0 aromatic rings. The lowest BCUT2D eigenvalue weighted by molar-refractivity contribution is -0.161. The molecule has 0 bridgehead atoms. The van der Waals surface area contributed by atoms with Gasteiger partial charge in [-0.2, -0.15) is 0 Å². The Morgan fingerprint density at radius 1 is 0.287 bits per heavy atom. The molecule has 0 saturated heterocycles. The van der Waals surface area contributed by atoms with Crippen LogP contribution in [0.3, 0.4) is 0 Å². The Hall–Kier alpha value is -1.94. The molecule has 17 nitrogen and oxygen atoms in total. The Labute approximate surface area is 575 Å². The molecule has 19 heteroatoms. The molecule has 5 atom stereocenters. The number of rotatable bonds is 75. The third kappa shape index (κ3) is 68.6. The van der Waals surface area contributed by atoms with Gasteiger partial charge in [-0.1, -0.05) is 343 Å². The van der Waals surface area contributed by atoms with Crippen LogP contribution in [0.1, 0.15) is 394 Å². The van der Waals surface area contributed by atoms with Crippen molar-refractivity contribution in [2.24, 2.45) is 5.92 Å². The van der Waals surface area contributed by atoms with E-state index in [9.17, 15) is 43.2 Å². The van der Waals surface area contributed by atoms with Crippen molar-refractivity contribution in [1.82, 2.24) is 0 Å². The molecule has 0 radical (unpaired) electrons. The molecule has 0 rings (SSSR count). The number of phosphoric ester groups is 2. The van der Waals surface area contributed by atoms with Gasteiger partial charge in [-0.05, 0) is 31.6 Å². The Morgan fingerprint density at radius 2 is 0.489 bits per heavy atom. The summed E-state index contributed by atoms with van der Waals surface area (Å²) in [7, 11) is -9.90. The summed E-state index contributed by atoms with van der Waals surface area (Å²) >= 11 is 0. The lowest BCUT2D eigenvalue weighted by atomic mass is 10.0. The molecular weight excluding hydrogens is 1230 g/mol. The molecule has 0 saturated carbocycles. The highest BCUT2D eigenvalue weighted by atomic mass is 31.2. The van der Waals surface area contributed by atoms with Gasteiger partial charge < -0.3 is 33.8 Å². The standard InChI is InChI=1S/C75H146O17P2/c1-6-9-12-15-18-21-23-25-26-27-28-29-30-31-32-34-36-39-45-50-55-60-74(79)91-70(65-86-73(78)59-54-49-44-38-35-33-24-22-19-16-13-10-7-2)66-89-93(81,82)87-62-69(76)63-88-94(83,84)90-67-71(64-85-72(77)58-53-48-43-37-20-17-14-11-8-3)92-75(80)61-56-51-46-41-40-42-47-52-57-68(4)5/h68-71,76H,6-67H2,1-5H3,(H,81,82)(H,83,84)/t69-,70-,71-/m1/s1. The normalized spacial score (nSPS) is 14.0. The maximum absolute atomic E-state index is 13.1. The van der Waals surface area contributed by atoms with Crippen molar-refractivity contribution in [2.45, 2.75) is 412 Å². The number of unbranched alkanes of at least 4 members (excludes halogenated alkanes) is 47. The number of carbonyl (C=O) groups excluding carboxylic acids is 4. The SMILES string of the molecule is CCCCCCCCCCCCCCCCCCCCCCCC(=O)O[C@H](COC(=O)CCCCCCCCCCCCCCC)COP(=O)(O)OC[C@@H](O)COP(=O)(O)OC[C@@H](COC(=O)CCCCCCCCCCC)OC(=O)CCCCCCCCCCC(C)C. The molecule has 0 aliphatic rings. The minimum absolute atomic E-state index is 0.105. The van der Waals surface area contributed by atoms with Crippen molar-refractivity contribution in [1.29, 1.82) is 0 Å². The van der Waals surface area contributed by atoms with Crippen LogP contribution < -0.4 is 0 Å². The molecule has 2 unspecified atom stereocenters. The highest BCUT2D eigenvalue weighted by Crippen LogP contribution is 2.45. The van der Waals surface area contributed by atoms with Crippen LogP contribution in [-0.4, -0.2) is 96.7 Å². The number of carbonyl (C=O) groups is 4. The molecule has 0 heterocycles. The first-order valence-electron chi connectivity index (χ1n) is 39.1. The zero-order valence-electron chi connectivity index (χ0n) is 61.1. The average molecular weight is 1380 g/mol. The first-order valence-corrected chi connectivity index (χ1v) is 42.1. The van der Waals surface area contributed by atoms with E-state index in [1.165, 1.54) is 218 Å². The Kier molecular flexibility index (Phi) is 66.8. The molecule has 0 aromatic heterocycles. The Balaban J connectivity index is 5.18. The van der Waals surface area contributed by atoms with E-state index in [1.54, 1.807) is 0 Å². The van der Waals surface area contributed by atoms with Crippen molar-refractivity contribution in [2.75, 3.05) is 39.6 Å². The van der Waals surface area contributed by atoms with Crippen LogP contribution in [0.15, 0.2) is 0 Å². The lowest BCUT2D eigenvalue weighted by Crippen LogP contribution is -2.30. The van der Waals surface area contributed by atoms with Crippen molar-refractivity contribution < 1.29 is 80.2 Å². The van der Waals surface area contributed by atoms with Crippen LogP contribution in [0.2, 0.25) is 0 Å². The molecule has 0 aromatic carbocycles. The van der Waals surface area contributed by atoms with Gasteiger partial charge in [0.05, 0.1) is 26.4 Å². The predicted octanol–water partition coefficient (Wildman–Crippen LogP) is 22.1. The summed E-state index contributed by atoms with van der Waals surface area (Å²) in [6.45, 7) is 7.22. The van der Waals surface area contributed by atoms with Crippen molar-refractivity contribution >= 4 is 39.5 Å². The summed E-state index contributed by atoms with van der Waals surface area (Å²) in [5.74, 6) is -1.40. The summed E-state index contributed by atoms with van der Waals surface area (Å²) in [5, 5.41) is 10.6. The van der Waals surface area contributed by atoms with E-state index in [0.717, 1.165) is 95.8 Å². The largest absolute Gasteiger partial charge is 0.472 e. The number of hydrogen-bond donors (Lipinski definition) is 3. The van der Waals surface area contributed by atoms with Gasteiger partial charge in [0.2, 0.25) is 0 Å². The maximum Gasteiger partial charge on any atom is 0.472 e. The fourth-order valence-corrected chi connectivity index (χ4v) is 13.1. The van der Waals surface area contributed by atoms with E-state index in [4.69, 9.17) is 37.0 Å². The topological polar surface area (TPSA) is 237 Å². The molecule has 0 amide bonds. The molecule has 0 fully saturated rings. The third-order valence-electron chi connectivity index (χ3n) is 17.5. The first kappa shape index (κ1) is 92.1. The third-order valence-corrected chi connectivity index (χ3v) is 19.4. The van der Waals surface area contributed by atoms with Crippen LogP contribution in [0.4, 0.5) is 0 Å². The molecule has 3 N–H and O–H groups in total. The minimum atomic E-state index is -4.95. The number of aliphatic hydroxyl groups excluding tert-OH is 1. The summed E-state index contributed by atoms with van der Waals surface area (Å²) in [4.78, 5) is 72.7. The van der Waals surface area contributed by atoms with Gasteiger partial charge in [0.25, 0.3) is 0 Å². The predicted molar refractivity (Wildman–Crippen MR) is 382 cm³/mol. The van der Waals surface area contributed by atoms with Crippen molar-refractivity contribution in [3.8, 4) is 0 Å². The van der Waals surface area contributed by atoms with Gasteiger partial charge in [-0.15, -0.1) is 0 Å². The summed E-state index contributed by atoms with van der Waals surface area (Å²) in [6, 6.07) is 0. The first-order chi connectivity index (χ1) is 45.5. The highest BCUT2D eigenvalue weighted by Gasteiger charge is 2.30. The van der Waals surface area contributed by atoms with Crippen LogP contribution >= 0.6 is 15.6 Å². The van der Waals surface area contributed by atoms with Gasteiger partial charge in [-0.25, -0.2) is 9.13 Å². The fourth-order valence-electron chi connectivity index (χ4n) is 11.5. The van der Waals surface area contributed by atoms with E-state index in [2.05, 4.69) is 34.6 Å². The number of esters is 4. The van der Waals surface area contributed by atoms with Gasteiger partial charge in [0.15, 0.2) is 12.2 Å². The monoisotopic (exact) mass is 1380 g/mol. The zero-order chi connectivity index (χ0) is 69.1. The molecule has 558 valence electrons.